The molecule has 98 valence electrons. The van der Waals surface area contributed by atoms with Crippen LogP contribution in [0.3, 0.4) is 0 Å². The van der Waals surface area contributed by atoms with Crippen LogP contribution in [-0.4, -0.2) is 20.5 Å². The molecule has 0 aliphatic heterocycles. The van der Waals surface area contributed by atoms with Gasteiger partial charge in [0.05, 0.1) is 4.90 Å². The molecule has 1 aromatic carbocycles. The van der Waals surface area contributed by atoms with Crippen molar-refractivity contribution in [2.45, 2.75) is 31.1 Å². The topological polar surface area (TPSA) is 51.2 Å². The summed E-state index contributed by atoms with van der Waals surface area (Å²) in [4.78, 5) is 12.4. The van der Waals surface area contributed by atoms with Crippen LogP contribution in [0, 0.1) is 11.8 Å². The molecule has 0 radical (unpaired) electrons. The van der Waals surface area contributed by atoms with Crippen molar-refractivity contribution >= 4 is 15.6 Å². The number of hydrogen-bond donors (Lipinski definition) is 0. The maximum Gasteiger partial charge on any atom is 0.175 e. The number of Topliss-reactive ketones (excluding diaryl/α,β-unsaturated/α-hetero) is 1. The first-order chi connectivity index (χ1) is 8.38. The highest BCUT2D eigenvalue weighted by Crippen LogP contribution is 2.36. The van der Waals surface area contributed by atoms with Gasteiger partial charge in [0.2, 0.25) is 0 Å². The first-order valence-electron chi connectivity index (χ1n) is 6.22. The molecule has 0 bridgehead atoms. The van der Waals surface area contributed by atoms with Crippen molar-refractivity contribution in [1.29, 1.82) is 0 Å². The van der Waals surface area contributed by atoms with Crippen LogP contribution in [0.25, 0.3) is 0 Å². The van der Waals surface area contributed by atoms with E-state index in [4.69, 9.17) is 0 Å². The highest BCUT2D eigenvalue weighted by atomic mass is 32.2. The summed E-state index contributed by atoms with van der Waals surface area (Å²) in [5.74, 6) is 0.864. The molecule has 1 aromatic rings. The molecule has 1 saturated carbocycles. The lowest BCUT2D eigenvalue weighted by atomic mass is 9.94. The largest absolute Gasteiger partial charge is 0.294 e. The van der Waals surface area contributed by atoms with Gasteiger partial charge >= 0.3 is 0 Å². The summed E-state index contributed by atoms with van der Waals surface area (Å²) in [6.45, 7) is 1.95. The predicted octanol–water partition coefficient (Wildman–Crippen LogP) is 2.71. The van der Waals surface area contributed by atoms with Crippen molar-refractivity contribution < 1.29 is 13.2 Å². The quantitative estimate of drug-likeness (QED) is 0.770. The minimum absolute atomic E-state index is 0.0292. The summed E-state index contributed by atoms with van der Waals surface area (Å²) < 4.78 is 22.6. The molecule has 0 N–H and O–H groups in total. The first kappa shape index (κ1) is 13.3. The van der Waals surface area contributed by atoms with Crippen LogP contribution in [0.15, 0.2) is 29.2 Å². The minimum Gasteiger partial charge on any atom is -0.294 e. The molecular weight excluding hydrogens is 248 g/mol. The standard InChI is InChI=1S/C14H18O3S/c1-10(9-11-3-4-11)14(15)12-5-7-13(8-6-12)18(2,16)17/h5-8,10-11H,3-4,9H2,1-2H3. The van der Waals surface area contributed by atoms with E-state index in [1.807, 2.05) is 6.92 Å². The smallest absolute Gasteiger partial charge is 0.175 e. The van der Waals surface area contributed by atoms with Crippen molar-refractivity contribution in [3.05, 3.63) is 29.8 Å². The third kappa shape index (κ3) is 3.19. The first-order valence-corrected chi connectivity index (χ1v) is 8.11. The number of sulfone groups is 1. The SMILES string of the molecule is CC(CC1CC1)C(=O)c1ccc(S(C)(=O)=O)cc1. The molecule has 0 heterocycles. The van der Waals surface area contributed by atoms with Gasteiger partial charge in [-0.05, 0) is 24.5 Å². The van der Waals surface area contributed by atoms with Crippen molar-refractivity contribution in [1.82, 2.24) is 0 Å². The van der Waals surface area contributed by atoms with Gasteiger partial charge in [-0.1, -0.05) is 31.9 Å². The Labute approximate surface area is 108 Å². The van der Waals surface area contributed by atoms with Crippen LogP contribution in [-0.2, 0) is 9.84 Å². The third-order valence-corrected chi connectivity index (χ3v) is 4.53. The Morgan fingerprint density at radius 2 is 1.83 bits per heavy atom. The number of hydrogen-bond acceptors (Lipinski definition) is 3. The highest BCUT2D eigenvalue weighted by molar-refractivity contribution is 7.90. The Morgan fingerprint density at radius 3 is 2.28 bits per heavy atom. The van der Waals surface area contributed by atoms with Gasteiger partial charge in [-0.3, -0.25) is 4.79 Å². The summed E-state index contributed by atoms with van der Waals surface area (Å²) >= 11 is 0. The van der Waals surface area contributed by atoms with E-state index in [0.717, 1.165) is 12.3 Å². The second-order valence-corrected chi connectivity index (χ2v) is 7.26. The monoisotopic (exact) mass is 266 g/mol. The summed E-state index contributed by atoms with van der Waals surface area (Å²) in [6, 6.07) is 6.24. The van der Waals surface area contributed by atoms with E-state index in [-0.39, 0.29) is 16.6 Å². The molecule has 1 unspecified atom stereocenters. The van der Waals surface area contributed by atoms with Crippen LogP contribution in [0.2, 0.25) is 0 Å². The molecule has 1 aliphatic carbocycles. The van der Waals surface area contributed by atoms with E-state index in [9.17, 15) is 13.2 Å². The molecule has 1 fully saturated rings. The molecule has 1 atom stereocenters. The molecule has 3 nitrogen and oxygen atoms in total. The number of benzene rings is 1. The number of carbonyl (C=O) groups excluding carboxylic acids is 1. The molecule has 0 amide bonds. The van der Waals surface area contributed by atoms with Crippen LogP contribution < -0.4 is 0 Å². The fraction of sp³-hybridized carbons (Fsp3) is 0.500. The Hall–Kier alpha value is -1.16. The maximum atomic E-state index is 12.1. The fourth-order valence-electron chi connectivity index (χ4n) is 2.11. The Kier molecular flexibility index (Phi) is 3.57. The van der Waals surface area contributed by atoms with Gasteiger partial charge in [-0.25, -0.2) is 8.42 Å². The minimum atomic E-state index is -3.19. The van der Waals surface area contributed by atoms with E-state index in [1.54, 1.807) is 12.1 Å². The van der Waals surface area contributed by atoms with Crippen LogP contribution in [0.4, 0.5) is 0 Å². The molecule has 4 heteroatoms. The lowest BCUT2D eigenvalue weighted by Gasteiger charge is -2.09. The van der Waals surface area contributed by atoms with Gasteiger partial charge < -0.3 is 0 Å². The lowest BCUT2D eigenvalue weighted by Crippen LogP contribution is -2.12. The maximum absolute atomic E-state index is 12.1. The Morgan fingerprint density at radius 1 is 1.28 bits per heavy atom. The zero-order chi connectivity index (χ0) is 13.3. The van der Waals surface area contributed by atoms with E-state index in [0.29, 0.717) is 5.56 Å². The Balaban J connectivity index is 2.11. The van der Waals surface area contributed by atoms with Crippen LogP contribution >= 0.6 is 0 Å². The molecule has 0 saturated heterocycles. The van der Waals surface area contributed by atoms with Crippen molar-refractivity contribution in [2.75, 3.05) is 6.26 Å². The normalized spacial score (nSPS) is 17.4. The lowest BCUT2D eigenvalue weighted by molar-refractivity contribution is 0.0920. The zero-order valence-corrected chi connectivity index (χ0v) is 11.5. The van der Waals surface area contributed by atoms with E-state index in [1.165, 1.54) is 31.2 Å². The molecule has 2 rings (SSSR count). The number of carbonyl (C=O) groups is 1. The van der Waals surface area contributed by atoms with E-state index >= 15 is 0 Å². The summed E-state index contributed by atoms with van der Waals surface area (Å²) in [6.07, 6.45) is 4.60. The number of rotatable bonds is 5. The van der Waals surface area contributed by atoms with E-state index < -0.39 is 9.84 Å². The van der Waals surface area contributed by atoms with E-state index in [2.05, 4.69) is 0 Å². The zero-order valence-electron chi connectivity index (χ0n) is 10.7. The summed E-state index contributed by atoms with van der Waals surface area (Å²) in [5, 5.41) is 0. The van der Waals surface area contributed by atoms with Crippen molar-refractivity contribution in [2.24, 2.45) is 11.8 Å². The average Bonchev–Trinajstić information content (AvgIpc) is 3.11. The second-order valence-electron chi connectivity index (χ2n) is 5.24. The van der Waals surface area contributed by atoms with Gasteiger partial charge in [0.15, 0.2) is 15.6 Å². The molecule has 18 heavy (non-hydrogen) atoms. The summed E-state index contributed by atoms with van der Waals surface area (Å²) in [5.41, 5.74) is 0.607. The van der Waals surface area contributed by atoms with Gasteiger partial charge in [0.1, 0.15) is 0 Å². The van der Waals surface area contributed by atoms with Gasteiger partial charge in [0.25, 0.3) is 0 Å². The number of ketones is 1. The Bertz CT molecular complexity index is 539. The van der Waals surface area contributed by atoms with Crippen molar-refractivity contribution in [3.63, 3.8) is 0 Å². The van der Waals surface area contributed by atoms with Crippen molar-refractivity contribution in [3.8, 4) is 0 Å². The highest BCUT2D eigenvalue weighted by Gasteiger charge is 2.27. The third-order valence-electron chi connectivity index (χ3n) is 3.40. The van der Waals surface area contributed by atoms with Gasteiger partial charge in [-0.2, -0.15) is 0 Å². The van der Waals surface area contributed by atoms with Crippen LogP contribution in [0.1, 0.15) is 36.5 Å². The van der Waals surface area contributed by atoms with Gasteiger partial charge in [0, 0.05) is 17.7 Å². The van der Waals surface area contributed by atoms with Crippen LogP contribution in [0.5, 0.6) is 0 Å². The molecule has 1 aliphatic rings. The summed E-state index contributed by atoms with van der Waals surface area (Å²) in [7, 11) is -3.19. The second kappa shape index (κ2) is 4.84. The van der Waals surface area contributed by atoms with Gasteiger partial charge in [-0.15, -0.1) is 0 Å². The fourth-order valence-corrected chi connectivity index (χ4v) is 2.74. The molecular formula is C14H18O3S. The average molecular weight is 266 g/mol. The molecule has 0 aromatic heterocycles. The molecule has 0 spiro atoms. The predicted molar refractivity (Wildman–Crippen MR) is 70.4 cm³/mol.